The summed E-state index contributed by atoms with van der Waals surface area (Å²) in [6.07, 6.45) is 1.61. The molecular formula is C14H10BrIN2O. The molecule has 0 unspecified atom stereocenters. The van der Waals surface area contributed by atoms with E-state index in [1.807, 2.05) is 42.5 Å². The minimum atomic E-state index is -0.216. The molecule has 2 aromatic carbocycles. The predicted octanol–water partition coefficient (Wildman–Crippen LogP) is 3.82. The van der Waals surface area contributed by atoms with Crippen LogP contribution >= 0.6 is 38.5 Å². The molecule has 0 atom stereocenters. The second-order valence-electron chi connectivity index (χ2n) is 3.76. The van der Waals surface area contributed by atoms with Crippen LogP contribution in [0, 0.1) is 3.57 Å². The van der Waals surface area contributed by atoms with E-state index < -0.39 is 0 Å². The van der Waals surface area contributed by atoms with Crippen molar-refractivity contribution in [2.24, 2.45) is 5.10 Å². The van der Waals surface area contributed by atoms with Crippen LogP contribution in [0.3, 0.4) is 0 Å². The zero-order valence-corrected chi connectivity index (χ0v) is 13.6. The lowest BCUT2D eigenvalue weighted by Crippen LogP contribution is -2.17. The van der Waals surface area contributed by atoms with Crippen molar-refractivity contribution in [1.29, 1.82) is 0 Å². The predicted molar refractivity (Wildman–Crippen MR) is 88.4 cm³/mol. The molecule has 0 fully saturated rings. The Labute approximate surface area is 133 Å². The molecular weight excluding hydrogens is 419 g/mol. The van der Waals surface area contributed by atoms with Crippen molar-refractivity contribution >= 4 is 50.6 Å². The summed E-state index contributed by atoms with van der Waals surface area (Å²) < 4.78 is 2.02. The highest BCUT2D eigenvalue weighted by atomic mass is 127. The molecule has 96 valence electrons. The van der Waals surface area contributed by atoms with E-state index in [0.717, 1.165) is 13.6 Å². The zero-order valence-electron chi connectivity index (χ0n) is 9.81. The van der Waals surface area contributed by atoms with Crippen molar-refractivity contribution in [3.8, 4) is 0 Å². The Morgan fingerprint density at radius 3 is 2.63 bits per heavy atom. The van der Waals surface area contributed by atoms with Crippen LogP contribution in [-0.2, 0) is 0 Å². The Kier molecular flexibility index (Phi) is 5.09. The van der Waals surface area contributed by atoms with E-state index in [1.165, 1.54) is 0 Å². The van der Waals surface area contributed by atoms with Crippen LogP contribution in [0.1, 0.15) is 15.9 Å². The normalized spacial score (nSPS) is 10.6. The molecule has 0 spiro atoms. The Balaban J connectivity index is 1.98. The molecule has 5 heteroatoms. The van der Waals surface area contributed by atoms with Crippen molar-refractivity contribution in [3.63, 3.8) is 0 Å². The summed E-state index contributed by atoms with van der Waals surface area (Å²) in [4.78, 5) is 11.8. The number of hydrogen-bond donors (Lipinski definition) is 1. The number of amides is 1. The third-order valence-electron chi connectivity index (χ3n) is 2.34. The Bertz CT molecular complexity index is 611. The molecule has 0 aliphatic carbocycles. The molecule has 3 nitrogen and oxygen atoms in total. The molecule has 0 aliphatic rings. The first-order valence-corrected chi connectivity index (χ1v) is 7.37. The minimum Gasteiger partial charge on any atom is -0.267 e. The van der Waals surface area contributed by atoms with Gasteiger partial charge < -0.3 is 0 Å². The van der Waals surface area contributed by atoms with Gasteiger partial charge in [-0.05, 0) is 58.5 Å². The van der Waals surface area contributed by atoms with E-state index in [-0.39, 0.29) is 5.91 Å². The van der Waals surface area contributed by atoms with E-state index in [9.17, 15) is 4.79 Å². The van der Waals surface area contributed by atoms with Crippen LogP contribution in [0.25, 0.3) is 0 Å². The van der Waals surface area contributed by atoms with Crippen molar-refractivity contribution in [3.05, 3.63) is 67.7 Å². The number of nitrogens with zero attached hydrogens (tertiary/aromatic N) is 1. The van der Waals surface area contributed by atoms with Gasteiger partial charge in [-0.1, -0.05) is 34.1 Å². The Morgan fingerprint density at radius 2 is 1.95 bits per heavy atom. The molecule has 1 N–H and O–H groups in total. The summed E-state index contributed by atoms with van der Waals surface area (Å²) >= 11 is 5.53. The van der Waals surface area contributed by atoms with Gasteiger partial charge in [-0.3, -0.25) is 4.79 Å². The minimum absolute atomic E-state index is 0.216. The average Bonchev–Trinajstić information content (AvgIpc) is 2.41. The summed E-state index contributed by atoms with van der Waals surface area (Å²) in [6.45, 7) is 0. The molecule has 0 radical (unpaired) electrons. The number of benzene rings is 2. The second kappa shape index (κ2) is 6.81. The Hall–Kier alpha value is -1.21. The lowest BCUT2D eigenvalue weighted by atomic mass is 10.2. The standard InChI is InChI=1S/C14H10BrIN2O/c15-12-6-4-10(5-7-12)9-17-18-14(19)11-2-1-3-13(16)8-11/h1-9H,(H,18,19)/b17-9+. The van der Waals surface area contributed by atoms with Crippen molar-refractivity contribution in [1.82, 2.24) is 5.43 Å². The highest BCUT2D eigenvalue weighted by molar-refractivity contribution is 14.1. The van der Waals surface area contributed by atoms with E-state index in [0.29, 0.717) is 5.56 Å². The fourth-order valence-electron chi connectivity index (χ4n) is 1.41. The van der Waals surface area contributed by atoms with E-state index in [4.69, 9.17) is 0 Å². The molecule has 0 saturated carbocycles. The van der Waals surface area contributed by atoms with Crippen LogP contribution in [0.4, 0.5) is 0 Å². The number of carbonyl (C=O) groups is 1. The largest absolute Gasteiger partial charge is 0.271 e. The number of hydrazone groups is 1. The van der Waals surface area contributed by atoms with Crippen LogP contribution in [0.15, 0.2) is 58.1 Å². The van der Waals surface area contributed by atoms with Crippen molar-refractivity contribution in [2.75, 3.05) is 0 Å². The van der Waals surface area contributed by atoms with Gasteiger partial charge in [0.15, 0.2) is 0 Å². The lowest BCUT2D eigenvalue weighted by molar-refractivity contribution is 0.0955. The fraction of sp³-hybridized carbons (Fsp3) is 0. The maximum Gasteiger partial charge on any atom is 0.271 e. The summed E-state index contributed by atoms with van der Waals surface area (Å²) in [6, 6.07) is 15.0. The quantitative estimate of drug-likeness (QED) is 0.450. The van der Waals surface area contributed by atoms with E-state index >= 15 is 0 Å². The number of hydrogen-bond acceptors (Lipinski definition) is 2. The topological polar surface area (TPSA) is 41.5 Å². The summed E-state index contributed by atoms with van der Waals surface area (Å²) in [5.41, 5.74) is 4.02. The van der Waals surface area contributed by atoms with Gasteiger partial charge in [-0.2, -0.15) is 5.10 Å². The van der Waals surface area contributed by atoms with E-state index in [1.54, 1.807) is 12.3 Å². The van der Waals surface area contributed by atoms with Gasteiger partial charge in [0.05, 0.1) is 6.21 Å². The SMILES string of the molecule is O=C(N/N=C/c1ccc(Br)cc1)c1cccc(I)c1. The van der Waals surface area contributed by atoms with Gasteiger partial charge in [0.2, 0.25) is 0 Å². The van der Waals surface area contributed by atoms with Gasteiger partial charge in [0, 0.05) is 13.6 Å². The molecule has 0 saturated heterocycles. The summed E-state index contributed by atoms with van der Waals surface area (Å²) in [5, 5.41) is 3.93. The van der Waals surface area contributed by atoms with Gasteiger partial charge in [-0.25, -0.2) is 5.43 Å². The highest BCUT2D eigenvalue weighted by Gasteiger charge is 2.03. The van der Waals surface area contributed by atoms with Crippen LogP contribution in [0.2, 0.25) is 0 Å². The van der Waals surface area contributed by atoms with Gasteiger partial charge in [0.25, 0.3) is 5.91 Å². The smallest absolute Gasteiger partial charge is 0.267 e. The van der Waals surface area contributed by atoms with Crippen LogP contribution < -0.4 is 5.43 Å². The first-order chi connectivity index (χ1) is 9.15. The molecule has 0 aromatic heterocycles. The third-order valence-corrected chi connectivity index (χ3v) is 3.54. The highest BCUT2D eigenvalue weighted by Crippen LogP contribution is 2.09. The van der Waals surface area contributed by atoms with Crippen LogP contribution in [0.5, 0.6) is 0 Å². The first-order valence-electron chi connectivity index (χ1n) is 5.50. The fourth-order valence-corrected chi connectivity index (χ4v) is 2.22. The molecule has 2 aromatic rings. The molecule has 0 heterocycles. The summed E-state index contributed by atoms with van der Waals surface area (Å²) in [5.74, 6) is -0.216. The third kappa shape index (κ3) is 4.43. The number of carbonyl (C=O) groups excluding carboxylic acids is 1. The molecule has 0 bridgehead atoms. The average molecular weight is 429 g/mol. The molecule has 1 amide bonds. The first kappa shape index (κ1) is 14.2. The Morgan fingerprint density at radius 1 is 1.21 bits per heavy atom. The summed E-state index contributed by atoms with van der Waals surface area (Å²) in [7, 11) is 0. The zero-order chi connectivity index (χ0) is 13.7. The number of rotatable bonds is 3. The number of halogens is 2. The van der Waals surface area contributed by atoms with Gasteiger partial charge >= 0.3 is 0 Å². The van der Waals surface area contributed by atoms with Gasteiger partial charge in [0.1, 0.15) is 0 Å². The van der Waals surface area contributed by atoms with E-state index in [2.05, 4.69) is 49.0 Å². The molecule has 19 heavy (non-hydrogen) atoms. The molecule has 0 aliphatic heterocycles. The van der Waals surface area contributed by atoms with Crippen LogP contribution in [-0.4, -0.2) is 12.1 Å². The molecule has 2 rings (SSSR count). The second-order valence-corrected chi connectivity index (χ2v) is 5.92. The maximum absolute atomic E-state index is 11.8. The van der Waals surface area contributed by atoms with Crippen molar-refractivity contribution < 1.29 is 4.79 Å². The monoisotopic (exact) mass is 428 g/mol. The van der Waals surface area contributed by atoms with Gasteiger partial charge in [-0.15, -0.1) is 0 Å². The number of nitrogens with one attached hydrogen (secondary N) is 1. The lowest BCUT2D eigenvalue weighted by Gasteiger charge is -2.00. The maximum atomic E-state index is 11.8. The van der Waals surface area contributed by atoms with Crippen molar-refractivity contribution in [2.45, 2.75) is 0 Å².